The monoisotopic (exact) mass is 405 g/mol. The first-order chi connectivity index (χ1) is 14.1. The van der Waals surface area contributed by atoms with Crippen molar-refractivity contribution < 1.29 is 14.1 Å². The van der Waals surface area contributed by atoms with E-state index >= 15 is 0 Å². The third kappa shape index (κ3) is 4.27. The number of thioether (sulfide) groups is 1. The Labute approximate surface area is 170 Å². The Morgan fingerprint density at radius 1 is 1.07 bits per heavy atom. The number of amides is 1. The highest BCUT2D eigenvalue weighted by molar-refractivity contribution is 8.18. The summed E-state index contributed by atoms with van der Waals surface area (Å²) in [5, 5.41) is 11.4. The van der Waals surface area contributed by atoms with E-state index in [9.17, 15) is 14.9 Å². The van der Waals surface area contributed by atoms with E-state index in [1.807, 2.05) is 30.3 Å². The summed E-state index contributed by atoms with van der Waals surface area (Å²) in [5.74, 6) is 0.454. The maximum Gasteiger partial charge on any atom is 0.269 e. The summed E-state index contributed by atoms with van der Waals surface area (Å²) in [6.07, 6.45) is 3.27. The van der Waals surface area contributed by atoms with Crippen LogP contribution in [0.15, 0.2) is 87.3 Å². The van der Waals surface area contributed by atoms with E-state index in [2.05, 4.69) is 4.99 Å². The van der Waals surface area contributed by atoms with E-state index in [-0.39, 0.29) is 18.1 Å². The average molecular weight is 405 g/mol. The Morgan fingerprint density at radius 3 is 2.48 bits per heavy atom. The molecule has 1 fully saturated rings. The molecule has 1 aromatic heterocycles. The fraction of sp³-hybridized carbons (Fsp3) is 0.0476. The van der Waals surface area contributed by atoms with E-state index in [1.165, 1.54) is 23.9 Å². The first kappa shape index (κ1) is 18.7. The zero-order valence-electron chi connectivity index (χ0n) is 15.1. The number of amidine groups is 1. The highest BCUT2D eigenvalue weighted by Crippen LogP contribution is 2.35. The Bertz CT molecular complexity index is 1090. The van der Waals surface area contributed by atoms with Crippen LogP contribution in [0.5, 0.6) is 0 Å². The van der Waals surface area contributed by atoms with Gasteiger partial charge in [-0.25, -0.2) is 4.99 Å². The lowest BCUT2D eigenvalue weighted by atomic mass is 10.2. The molecule has 0 saturated carbocycles. The molecule has 0 atom stereocenters. The van der Waals surface area contributed by atoms with Gasteiger partial charge < -0.3 is 4.42 Å². The number of carbonyl (C=O) groups excluding carboxylic acids is 1. The highest BCUT2D eigenvalue weighted by Gasteiger charge is 2.34. The van der Waals surface area contributed by atoms with Crippen molar-refractivity contribution >= 4 is 40.3 Å². The number of rotatable bonds is 5. The van der Waals surface area contributed by atoms with E-state index in [1.54, 1.807) is 41.5 Å². The lowest BCUT2D eigenvalue weighted by molar-refractivity contribution is -0.384. The van der Waals surface area contributed by atoms with Crippen LogP contribution in [0.4, 0.5) is 11.4 Å². The molecule has 0 N–H and O–H groups in total. The van der Waals surface area contributed by atoms with Crippen molar-refractivity contribution in [2.24, 2.45) is 4.99 Å². The minimum absolute atomic E-state index is 0.00308. The summed E-state index contributed by atoms with van der Waals surface area (Å²) < 4.78 is 5.39. The maximum absolute atomic E-state index is 13.0. The lowest BCUT2D eigenvalue weighted by Gasteiger charge is -2.13. The molecule has 4 rings (SSSR count). The third-order valence-electron chi connectivity index (χ3n) is 4.16. The van der Waals surface area contributed by atoms with Gasteiger partial charge in [-0.3, -0.25) is 19.8 Å². The van der Waals surface area contributed by atoms with Crippen molar-refractivity contribution in [3.05, 3.63) is 99.3 Å². The molecule has 0 radical (unpaired) electrons. The third-order valence-corrected chi connectivity index (χ3v) is 5.17. The second-order valence-electron chi connectivity index (χ2n) is 6.16. The number of nitro groups is 1. The van der Waals surface area contributed by atoms with Crippen LogP contribution in [0, 0.1) is 10.1 Å². The molecule has 3 aromatic rings. The fourth-order valence-corrected chi connectivity index (χ4v) is 3.74. The maximum atomic E-state index is 13.0. The lowest BCUT2D eigenvalue weighted by Crippen LogP contribution is -2.28. The molecule has 1 amide bonds. The Balaban J connectivity index is 1.66. The van der Waals surface area contributed by atoms with Crippen LogP contribution in [0.1, 0.15) is 11.3 Å². The number of aliphatic imine (C=N–C) groups is 1. The smallest absolute Gasteiger partial charge is 0.269 e. The van der Waals surface area contributed by atoms with Crippen LogP contribution in [0.3, 0.4) is 0 Å². The number of hydrogen-bond acceptors (Lipinski definition) is 6. The molecule has 2 aromatic carbocycles. The second kappa shape index (κ2) is 8.15. The quantitative estimate of drug-likeness (QED) is 0.339. The van der Waals surface area contributed by atoms with Gasteiger partial charge in [0.2, 0.25) is 0 Å². The predicted octanol–water partition coefficient (Wildman–Crippen LogP) is 4.99. The van der Waals surface area contributed by atoms with Gasteiger partial charge in [0.25, 0.3) is 11.6 Å². The Kier molecular flexibility index (Phi) is 5.26. The van der Waals surface area contributed by atoms with E-state index in [0.717, 1.165) is 5.69 Å². The molecule has 1 saturated heterocycles. The average Bonchev–Trinajstić information content (AvgIpc) is 3.34. The summed E-state index contributed by atoms with van der Waals surface area (Å²) in [4.78, 5) is 30.0. The molecule has 29 heavy (non-hydrogen) atoms. The largest absolute Gasteiger partial charge is 0.467 e. The van der Waals surface area contributed by atoms with Crippen LogP contribution in [0.25, 0.3) is 6.08 Å². The number of hydrogen-bond donors (Lipinski definition) is 0. The van der Waals surface area contributed by atoms with E-state index < -0.39 is 4.92 Å². The zero-order valence-corrected chi connectivity index (χ0v) is 15.9. The van der Waals surface area contributed by atoms with Gasteiger partial charge in [0, 0.05) is 12.1 Å². The van der Waals surface area contributed by atoms with E-state index in [4.69, 9.17) is 4.42 Å². The van der Waals surface area contributed by atoms with Crippen LogP contribution < -0.4 is 0 Å². The van der Waals surface area contributed by atoms with Crippen LogP contribution in [-0.4, -0.2) is 20.9 Å². The van der Waals surface area contributed by atoms with Gasteiger partial charge in [-0.2, -0.15) is 0 Å². The minimum atomic E-state index is -0.456. The Hall–Kier alpha value is -3.65. The van der Waals surface area contributed by atoms with Crippen LogP contribution >= 0.6 is 11.8 Å². The highest BCUT2D eigenvalue weighted by atomic mass is 32.2. The van der Waals surface area contributed by atoms with Crippen LogP contribution in [-0.2, 0) is 11.3 Å². The van der Waals surface area contributed by atoms with Crippen molar-refractivity contribution in [1.29, 1.82) is 0 Å². The zero-order chi connectivity index (χ0) is 20.2. The second-order valence-corrected chi connectivity index (χ2v) is 7.17. The summed E-state index contributed by atoms with van der Waals surface area (Å²) >= 11 is 1.26. The van der Waals surface area contributed by atoms with Crippen molar-refractivity contribution in [3.63, 3.8) is 0 Å². The van der Waals surface area contributed by atoms with Crippen molar-refractivity contribution in [3.8, 4) is 0 Å². The number of benzene rings is 2. The predicted molar refractivity (Wildman–Crippen MR) is 111 cm³/mol. The van der Waals surface area contributed by atoms with E-state index in [0.29, 0.717) is 21.4 Å². The van der Waals surface area contributed by atoms with Crippen molar-refractivity contribution in [1.82, 2.24) is 4.90 Å². The topological polar surface area (TPSA) is 88.9 Å². The van der Waals surface area contributed by atoms with Gasteiger partial charge in [0.05, 0.1) is 28.3 Å². The Morgan fingerprint density at radius 2 is 1.83 bits per heavy atom. The normalized spacial score (nSPS) is 16.7. The minimum Gasteiger partial charge on any atom is -0.467 e. The van der Waals surface area contributed by atoms with Gasteiger partial charge in [-0.1, -0.05) is 18.2 Å². The number of para-hydroxylation sites is 1. The summed E-state index contributed by atoms with van der Waals surface area (Å²) in [7, 11) is 0. The molecule has 0 aliphatic carbocycles. The molecule has 8 heteroatoms. The molecular weight excluding hydrogens is 390 g/mol. The molecular formula is C21H15N3O4S. The molecule has 7 nitrogen and oxygen atoms in total. The summed E-state index contributed by atoms with van der Waals surface area (Å²) in [6.45, 7) is 0.266. The standard InChI is InChI=1S/C21H15N3O4S/c25-20-19(13-15-8-10-17(11-9-15)24(26)27)29-21(22-16-5-2-1-3-6-16)23(20)14-18-7-4-12-28-18/h1-13H,14H2/b19-13+,22-21?. The number of nitro benzene ring substituents is 1. The molecule has 1 aliphatic heterocycles. The molecule has 0 spiro atoms. The number of nitrogens with zero attached hydrogens (tertiary/aromatic N) is 3. The van der Waals surface area contributed by atoms with Gasteiger partial charge in [-0.05, 0) is 59.8 Å². The SMILES string of the molecule is O=C1/C(=C\c2ccc([N+](=O)[O-])cc2)SC(=Nc2ccccc2)N1Cc1ccco1. The molecule has 1 aliphatic rings. The van der Waals surface area contributed by atoms with Crippen molar-refractivity contribution in [2.45, 2.75) is 6.54 Å². The molecule has 144 valence electrons. The van der Waals surface area contributed by atoms with Gasteiger partial charge in [0.15, 0.2) is 5.17 Å². The molecule has 0 bridgehead atoms. The number of carbonyl (C=O) groups is 1. The fourth-order valence-electron chi connectivity index (χ4n) is 2.75. The number of furan rings is 1. The first-order valence-corrected chi connectivity index (χ1v) is 9.54. The van der Waals surface area contributed by atoms with Crippen LogP contribution in [0.2, 0.25) is 0 Å². The van der Waals surface area contributed by atoms with Gasteiger partial charge in [-0.15, -0.1) is 0 Å². The molecule has 0 unspecified atom stereocenters. The molecule has 2 heterocycles. The number of non-ortho nitro benzene ring substituents is 1. The van der Waals surface area contributed by atoms with Crippen molar-refractivity contribution in [2.75, 3.05) is 0 Å². The first-order valence-electron chi connectivity index (χ1n) is 8.72. The van der Waals surface area contributed by atoms with Gasteiger partial charge in [0.1, 0.15) is 5.76 Å². The van der Waals surface area contributed by atoms with Gasteiger partial charge >= 0.3 is 0 Å². The summed E-state index contributed by atoms with van der Waals surface area (Å²) in [5.41, 5.74) is 1.44. The summed E-state index contributed by atoms with van der Waals surface area (Å²) in [6, 6.07) is 19.0.